The summed E-state index contributed by atoms with van der Waals surface area (Å²) < 4.78 is 28.6. The summed E-state index contributed by atoms with van der Waals surface area (Å²) in [5.41, 5.74) is -2.60. The van der Waals surface area contributed by atoms with Gasteiger partial charge in [0, 0.05) is 6.26 Å². The molecule has 2 unspecified atom stereocenters. The van der Waals surface area contributed by atoms with Crippen molar-refractivity contribution in [1.82, 2.24) is 5.32 Å². The topological polar surface area (TPSA) is 110 Å². The molecule has 0 spiro atoms. The number of carboxylic acids is 1. The number of aliphatic carboxylic acids is 1. The van der Waals surface area contributed by atoms with E-state index in [9.17, 15) is 23.1 Å². The number of sulfone groups is 1. The number of ether oxygens (including phenoxy) is 1. The predicted molar refractivity (Wildman–Crippen MR) is 72.2 cm³/mol. The molecule has 1 amide bonds. The van der Waals surface area contributed by atoms with Crippen LogP contribution in [0, 0.1) is 0 Å². The van der Waals surface area contributed by atoms with Gasteiger partial charge in [-0.15, -0.1) is 0 Å². The standard InChI is InChI=1S/C12H21NO6S/c1-11(2,3)19-10(16)13-12(9(14)15)7-5-6-8(12)20(4,17)18/h8H,5-7H2,1-4H3,(H,13,16)(H,14,15). The van der Waals surface area contributed by atoms with Crippen LogP contribution in [0.5, 0.6) is 0 Å². The molecule has 20 heavy (non-hydrogen) atoms. The molecule has 2 atom stereocenters. The molecular formula is C12H21NO6S. The Bertz CT molecular complexity index is 507. The molecule has 0 aromatic heterocycles. The van der Waals surface area contributed by atoms with Crippen LogP contribution in [-0.2, 0) is 19.4 Å². The van der Waals surface area contributed by atoms with Crippen molar-refractivity contribution < 1.29 is 27.9 Å². The first-order chi connectivity index (χ1) is 8.88. The van der Waals surface area contributed by atoms with Crippen LogP contribution in [0.4, 0.5) is 4.79 Å². The van der Waals surface area contributed by atoms with Gasteiger partial charge < -0.3 is 15.2 Å². The van der Waals surface area contributed by atoms with E-state index >= 15 is 0 Å². The summed E-state index contributed by atoms with van der Waals surface area (Å²) in [7, 11) is -3.60. The second kappa shape index (κ2) is 5.23. The maximum absolute atomic E-state index is 11.8. The lowest BCUT2D eigenvalue weighted by Gasteiger charge is -2.32. The fourth-order valence-corrected chi connectivity index (χ4v) is 4.08. The molecule has 0 heterocycles. The van der Waals surface area contributed by atoms with Gasteiger partial charge in [0.15, 0.2) is 15.4 Å². The number of hydrogen-bond donors (Lipinski definition) is 2. The van der Waals surface area contributed by atoms with Gasteiger partial charge >= 0.3 is 12.1 Å². The second-order valence-corrected chi connectivity index (χ2v) is 8.34. The minimum atomic E-state index is -3.60. The molecule has 0 radical (unpaired) electrons. The summed E-state index contributed by atoms with van der Waals surface area (Å²) >= 11 is 0. The maximum atomic E-state index is 11.8. The molecule has 7 nitrogen and oxygen atoms in total. The number of amides is 1. The number of hydrogen-bond acceptors (Lipinski definition) is 5. The van der Waals surface area contributed by atoms with E-state index in [1.165, 1.54) is 0 Å². The first-order valence-corrected chi connectivity index (χ1v) is 8.27. The molecule has 0 saturated heterocycles. The van der Waals surface area contributed by atoms with E-state index in [4.69, 9.17) is 4.74 Å². The van der Waals surface area contributed by atoms with Crippen LogP contribution in [0.1, 0.15) is 40.0 Å². The van der Waals surface area contributed by atoms with E-state index in [1.807, 2.05) is 0 Å². The first kappa shape index (κ1) is 16.7. The van der Waals surface area contributed by atoms with Crippen LogP contribution in [0.3, 0.4) is 0 Å². The molecule has 1 saturated carbocycles. The Kier molecular flexibility index (Phi) is 4.38. The summed E-state index contributed by atoms with van der Waals surface area (Å²) in [5.74, 6) is -1.35. The molecule has 0 aromatic carbocycles. The van der Waals surface area contributed by atoms with Gasteiger partial charge in [-0.2, -0.15) is 0 Å². The highest BCUT2D eigenvalue weighted by Gasteiger charge is 2.55. The van der Waals surface area contributed by atoms with Crippen molar-refractivity contribution in [1.29, 1.82) is 0 Å². The largest absolute Gasteiger partial charge is 0.479 e. The van der Waals surface area contributed by atoms with Crippen molar-refractivity contribution in [2.45, 2.75) is 56.4 Å². The average Bonchev–Trinajstić information content (AvgIpc) is 2.58. The summed E-state index contributed by atoms with van der Waals surface area (Å²) in [6.45, 7) is 4.92. The van der Waals surface area contributed by atoms with Gasteiger partial charge in [-0.25, -0.2) is 18.0 Å². The smallest absolute Gasteiger partial charge is 0.408 e. The van der Waals surface area contributed by atoms with E-state index in [2.05, 4.69) is 5.32 Å². The average molecular weight is 307 g/mol. The third kappa shape index (κ3) is 3.62. The molecule has 116 valence electrons. The summed E-state index contributed by atoms with van der Waals surface area (Å²) in [5, 5.41) is 10.5. The Morgan fingerprint density at radius 3 is 2.30 bits per heavy atom. The number of carbonyl (C=O) groups excluding carboxylic acids is 1. The molecule has 1 aliphatic carbocycles. The molecule has 2 N–H and O–H groups in total. The molecule has 1 rings (SSSR count). The Morgan fingerprint density at radius 2 is 1.90 bits per heavy atom. The first-order valence-electron chi connectivity index (χ1n) is 6.32. The monoisotopic (exact) mass is 307 g/mol. The molecule has 8 heteroatoms. The van der Waals surface area contributed by atoms with Crippen molar-refractivity contribution >= 4 is 21.9 Å². The molecule has 0 bridgehead atoms. The lowest BCUT2D eigenvalue weighted by Crippen LogP contribution is -2.61. The highest BCUT2D eigenvalue weighted by Crippen LogP contribution is 2.35. The molecule has 1 aliphatic rings. The molecule has 1 fully saturated rings. The van der Waals surface area contributed by atoms with Gasteiger partial charge in [0.1, 0.15) is 5.60 Å². The molecular weight excluding hydrogens is 286 g/mol. The lowest BCUT2D eigenvalue weighted by atomic mass is 9.98. The van der Waals surface area contributed by atoms with Crippen LogP contribution in [0.25, 0.3) is 0 Å². The Hall–Kier alpha value is -1.31. The third-order valence-electron chi connectivity index (χ3n) is 3.21. The summed E-state index contributed by atoms with van der Waals surface area (Å²) in [4.78, 5) is 23.4. The van der Waals surface area contributed by atoms with Gasteiger partial charge in [0.05, 0.1) is 5.25 Å². The second-order valence-electron chi connectivity index (χ2n) is 6.11. The van der Waals surface area contributed by atoms with Crippen LogP contribution in [-0.4, -0.2) is 48.2 Å². The normalized spacial score (nSPS) is 27.1. The number of alkyl carbamates (subject to hydrolysis) is 1. The van der Waals surface area contributed by atoms with E-state index in [0.29, 0.717) is 6.42 Å². The van der Waals surface area contributed by atoms with Crippen molar-refractivity contribution in [3.8, 4) is 0 Å². The Labute approximate surface area is 118 Å². The Balaban J connectivity index is 3.05. The minimum absolute atomic E-state index is 0.0688. The van der Waals surface area contributed by atoms with E-state index < -0.39 is 38.3 Å². The van der Waals surface area contributed by atoms with Gasteiger partial charge in [-0.1, -0.05) is 0 Å². The zero-order valence-corrected chi connectivity index (χ0v) is 12.9. The third-order valence-corrected chi connectivity index (χ3v) is 4.88. The van der Waals surface area contributed by atoms with Crippen LogP contribution >= 0.6 is 0 Å². The Morgan fingerprint density at radius 1 is 1.35 bits per heavy atom. The zero-order chi connectivity index (χ0) is 15.8. The van der Waals surface area contributed by atoms with Crippen molar-refractivity contribution in [3.05, 3.63) is 0 Å². The molecule has 0 aliphatic heterocycles. The highest BCUT2D eigenvalue weighted by molar-refractivity contribution is 7.91. The number of nitrogens with one attached hydrogen (secondary N) is 1. The lowest BCUT2D eigenvalue weighted by molar-refractivity contribution is -0.144. The fourth-order valence-electron chi connectivity index (χ4n) is 2.48. The zero-order valence-electron chi connectivity index (χ0n) is 12.1. The number of carboxylic acid groups (broad SMARTS) is 1. The fraction of sp³-hybridized carbons (Fsp3) is 0.833. The minimum Gasteiger partial charge on any atom is -0.479 e. The SMILES string of the molecule is CC(C)(C)OC(=O)NC1(C(=O)O)CCCC1S(C)(=O)=O. The van der Waals surface area contributed by atoms with E-state index in [1.54, 1.807) is 20.8 Å². The van der Waals surface area contributed by atoms with E-state index in [-0.39, 0.29) is 12.8 Å². The van der Waals surface area contributed by atoms with E-state index in [0.717, 1.165) is 6.26 Å². The van der Waals surface area contributed by atoms with Crippen molar-refractivity contribution in [2.24, 2.45) is 0 Å². The summed E-state index contributed by atoms with van der Waals surface area (Å²) in [6, 6.07) is 0. The number of carbonyl (C=O) groups is 2. The van der Waals surface area contributed by atoms with Crippen LogP contribution in [0.2, 0.25) is 0 Å². The highest BCUT2D eigenvalue weighted by atomic mass is 32.2. The van der Waals surface area contributed by atoms with Gasteiger partial charge in [-0.3, -0.25) is 0 Å². The molecule has 0 aromatic rings. The van der Waals surface area contributed by atoms with Crippen molar-refractivity contribution in [2.75, 3.05) is 6.26 Å². The van der Waals surface area contributed by atoms with Crippen molar-refractivity contribution in [3.63, 3.8) is 0 Å². The van der Waals surface area contributed by atoms with Gasteiger partial charge in [0.25, 0.3) is 0 Å². The van der Waals surface area contributed by atoms with Gasteiger partial charge in [0.2, 0.25) is 0 Å². The summed E-state index contributed by atoms with van der Waals surface area (Å²) in [6.07, 6.45) is 0.757. The predicted octanol–water partition coefficient (Wildman–Crippen LogP) is 0.932. The number of rotatable bonds is 3. The van der Waals surface area contributed by atoms with Gasteiger partial charge in [-0.05, 0) is 40.0 Å². The quantitative estimate of drug-likeness (QED) is 0.802. The van der Waals surface area contributed by atoms with Crippen LogP contribution in [0.15, 0.2) is 0 Å². The maximum Gasteiger partial charge on any atom is 0.408 e. The van der Waals surface area contributed by atoms with Crippen LogP contribution < -0.4 is 5.32 Å².